The lowest BCUT2D eigenvalue weighted by atomic mass is 9.49. The molecule has 1 aromatic rings. The lowest BCUT2D eigenvalue weighted by molar-refractivity contribution is -0.393. The monoisotopic (exact) mass is 330 g/mol. The van der Waals surface area contributed by atoms with Gasteiger partial charge in [0.25, 0.3) is 5.69 Å². The largest absolute Gasteiger partial charge is 0.301 e. The van der Waals surface area contributed by atoms with Crippen LogP contribution in [0.15, 0.2) is 34.9 Å². The SMILES string of the molecule is CC1(C)[C@H]2CC=C(/C=N/Nc3ccc([N+](=O)[O-])cc3[N+](=O)[O-])[C@H]1C2. The molecule has 1 N–H and O–H groups in total. The minimum atomic E-state index is -0.665. The van der Waals surface area contributed by atoms with Gasteiger partial charge in [0.05, 0.1) is 22.1 Å². The molecule has 3 aliphatic carbocycles. The molecule has 0 spiro atoms. The fourth-order valence-corrected chi connectivity index (χ4v) is 3.60. The average molecular weight is 330 g/mol. The molecule has 0 saturated heterocycles. The fourth-order valence-electron chi connectivity index (χ4n) is 3.60. The number of hydrogen-bond acceptors (Lipinski definition) is 6. The van der Waals surface area contributed by atoms with Gasteiger partial charge in [-0.1, -0.05) is 19.9 Å². The Morgan fingerprint density at radius 1 is 1.29 bits per heavy atom. The van der Waals surface area contributed by atoms with E-state index in [-0.39, 0.29) is 22.5 Å². The van der Waals surface area contributed by atoms with E-state index in [0.717, 1.165) is 30.4 Å². The molecule has 0 unspecified atom stereocenters. The van der Waals surface area contributed by atoms with Crippen molar-refractivity contribution in [2.24, 2.45) is 22.4 Å². The molecule has 1 saturated carbocycles. The molecular formula is C16H18N4O4. The normalized spacial score (nSPS) is 24.2. The molecule has 1 aromatic carbocycles. The van der Waals surface area contributed by atoms with Gasteiger partial charge in [-0.15, -0.1) is 0 Å². The molecule has 126 valence electrons. The highest BCUT2D eigenvalue weighted by Crippen LogP contribution is 2.58. The maximum absolute atomic E-state index is 11.1. The van der Waals surface area contributed by atoms with Crippen LogP contribution in [0.5, 0.6) is 0 Å². The van der Waals surface area contributed by atoms with Gasteiger partial charge in [0.1, 0.15) is 5.69 Å². The summed E-state index contributed by atoms with van der Waals surface area (Å²) in [6.07, 6.45) is 6.05. The second-order valence-corrected chi connectivity index (χ2v) is 6.83. The molecule has 4 rings (SSSR count). The third kappa shape index (κ3) is 2.64. The highest BCUT2D eigenvalue weighted by molar-refractivity contribution is 5.81. The van der Waals surface area contributed by atoms with Crippen molar-refractivity contribution in [3.8, 4) is 0 Å². The van der Waals surface area contributed by atoms with Crippen molar-refractivity contribution < 1.29 is 9.85 Å². The van der Waals surface area contributed by atoms with E-state index in [2.05, 4.69) is 30.5 Å². The predicted molar refractivity (Wildman–Crippen MR) is 89.9 cm³/mol. The van der Waals surface area contributed by atoms with E-state index in [4.69, 9.17) is 0 Å². The molecular weight excluding hydrogens is 312 g/mol. The number of hydrogen-bond donors (Lipinski definition) is 1. The van der Waals surface area contributed by atoms with Gasteiger partial charge in [-0.2, -0.15) is 5.10 Å². The van der Waals surface area contributed by atoms with Crippen LogP contribution >= 0.6 is 0 Å². The Hall–Kier alpha value is -2.77. The van der Waals surface area contributed by atoms with E-state index in [9.17, 15) is 20.2 Å². The summed E-state index contributed by atoms with van der Waals surface area (Å²) < 4.78 is 0. The summed E-state index contributed by atoms with van der Waals surface area (Å²) >= 11 is 0. The summed E-state index contributed by atoms with van der Waals surface area (Å²) in [7, 11) is 0. The molecule has 8 nitrogen and oxygen atoms in total. The van der Waals surface area contributed by atoms with Gasteiger partial charge in [-0.3, -0.25) is 25.7 Å². The zero-order valence-corrected chi connectivity index (χ0v) is 13.4. The summed E-state index contributed by atoms with van der Waals surface area (Å²) in [5, 5.41) is 25.9. The second kappa shape index (κ2) is 5.70. The topological polar surface area (TPSA) is 111 Å². The van der Waals surface area contributed by atoms with Crippen molar-refractivity contribution in [1.29, 1.82) is 0 Å². The van der Waals surface area contributed by atoms with Crippen LogP contribution in [0.3, 0.4) is 0 Å². The number of rotatable bonds is 5. The fraction of sp³-hybridized carbons (Fsp3) is 0.438. The molecule has 2 atom stereocenters. The van der Waals surface area contributed by atoms with Crippen LogP contribution in [0.25, 0.3) is 0 Å². The Balaban J connectivity index is 1.76. The Bertz CT molecular complexity index is 769. The van der Waals surface area contributed by atoms with Gasteiger partial charge >= 0.3 is 5.69 Å². The van der Waals surface area contributed by atoms with Crippen molar-refractivity contribution in [2.45, 2.75) is 26.7 Å². The highest BCUT2D eigenvalue weighted by atomic mass is 16.6. The summed E-state index contributed by atoms with van der Waals surface area (Å²) in [4.78, 5) is 20.5. The van der Waals surface area contributed by atoms with Gasteiger partial charge < -0.3 is 0 Å². The van der Waals surface area contributed by atoms with Crippen molar-refractivity contribution >= 4 is 23.3 Å². The maximum Gasteiger partial charge on any atom is 0.301 e. The van der Waals surface area contributed by atoms with E-state index in [1.807, 2.05) is 0 Å². The van der Waals surface area contributed by atoms with E-state index < -0.39 is 9.85 Å². The summed E-state index contributed by atoms with van der Waals surface area (Å²) in [5.41, 5.74) is 3.48. The van der Waals surface area contributed by atoms with E-state index >= 15 is 0 Å². The standard InChI is InChI=1S/C16H18N4O4/c1-16(2)11-4-3-10(13(16)7-11)9-17-18-14-6-5-12(19(21)22)8-15(14)20(23)24/h3,5-6,8-9,11,13,18H,4,7H2,1-2H3/b17-9+/t11-,13+/m0/s1. The zero-order chi connectivity index (χ0) is 17.5. The molecule has 0 radical (unpaired) electrons. The first-order valence-corrected chi connectivity index (χ1v) is 7.72. The van der Waals surface area contributed by atoms with Gasteiger partial charge in [0.2, 0.25) is 0 Å². The van der Waals surface area contributed by atoms with Gasteiger partial charge in [-0.05, 0) is 41.7 Å². The number of fused-ring (bicyclic) bond motifs is 1. The first-order chi connectivity index (χ1) is 11.3. The van der Waals surface area contributed by atoms with Crippen LogP contribution in [0.1, 0.15) is 26.7 Å². The highest BCUT2D eigenvalue weighted by Gasteiger charge is 2.50. The predicted octanol–water partition coefficient (Wildman–Crippen LogP) is 3.89. The molecule has 0 aliphatic heterocycles. The van der Waals surface area contributed by atoms with Gasteiger partial charge in [0, 0.05) is 6.07 Å². The Morgan fingerprint density at radius 2 is 2.04 bits per heavy atom. The number of nitrogens with one attached hydrogen (secondary N) is 1. The number of anilines is 1. The second-order valence-electron chi connectivity index (χ2n) is 6.83. The van der Waals surface area contributed by atoms with Gasteiger partial charge in [-0.25, -0.2) is 0 Å². The van der Waals surface area contributed by atoms with Crippen LogP contribution in [0.2, 0.25) is 0 Å². The number of nitrogens with zero attached hydrogens (tertiary/aromatic N) is 3. The number of allylic oxidation sites excluding steroid dienone is 2. The molecule has 8 heteroatoms. The lowest BCUT2D eigenvalue weighted by Crippen LogP contribution is -2.48. The third-order valence-electron chi connectivity index (χ3n) is 5.30. The third-order valence-corrected chi connectivity index (χ3v) is 5.30. The van der Waals surface area contributed by atoms with Crippen LogP contribution in [-0.4, -0.2) is 16.1 Å². The van der Waals surface area contributed by atoms with Crippen LogP contribution in [-0.2, 0) is 0 Å². The van der Waals surface area contributed by atoms with Crippen LogP contribution < -0.4 is 5.43 Å². The van der Waals surface area contributed by atoms with Crippen LogP contribution in [0, 0.1) is 37.5 Å². The van der Waals surface area contributed by atoms with Crippen molar-refractivity contribution in [1.82, 2.24) is 0 Å². The number of nitro groups is 2. The number of hydrazone groups is 1. The maximum atomic E-state index is 11.1. The first-order valence-electron chi connectivity index (χ1n) is 7.72. The summed E-state index contributed by atoms with van der Waals surface area (Å²) in [6, 6.07) is 3.44. The molecule has 0 amide bonds. The smallest absolute Gasteiger partial charge is 0.272 e. The van der Waals surface area contributed by atoms with Crippen LogP contribution in [0.4, 0.5) is 17.1 Å². The minimum absolute atomic E-state index is 0.129. The number of non-ortho nitro benzene ring substituents is 1. The van der Waals surface area contributed by atoms with Crippen molar-refractivity contribution in [3.05, 3.63) is 50.1 Å². The molecule has 1 fully saturated rings. The average Bonchev–Trinajstić information content (AvgIpc) is 2.54. The molecule has 0 aromatic heterocycles. The summed E-state index contributed by atoms with van der Waals surface area (Å²) in [6.45, 7) is 4.50. The Labute approximate surface area is 138 Å². The van der Waals surface area contributed by atoms with Crippen molar-refractivity contribution in [3.63, 3.8) is 0 Å². The van der Waals surface area contributed by atoms with E-state index in [1.165, 1.54) is 12.1 Å². The first kappa shape index (κ1) is 16.1. The molecule has 24 heavy (non-hydrogen) atoms. The Morgan fingerprint density at radius 3 is 2.62 bits per heavy atom. The molecule has 0 heterocycles. The quantitative estimate of drug-likeness (QED) is 0.500. The Kier molecular flexibility index (Phi) is 3.82. The van der Waals surface area contributed by atoms with Gasteiger partial charge in [0.15, 0.2) is 0 Å². The van der Waals surface area contributed by atoms with E-state index in [1.54, 1.807) is 6.21 Å². The molecule has 3 aliphatic rings. The lowest BCUT2D eigenvalue weighted by Gasteiger charge is -2.55. The molecule has 2 bridgehead atoms. The van der Waals surface area contributed by atoms with E-state index in [0.29, 0.717) is 5.92 Å². The number of benzene rings is 1. The number of nitro benzene ring substituents is 2. The summed E-state index contributed by atoms with van der Waals surface area (Å²) in [5.74, 6) is 1.19. The minimum Gasteiger partial charge on any atom is -0.272 e. The van der Waals surface area contributed by atoms with Crippen molar-refractivity contribution in [2.75, 3.05) is 5.43 Å². The zero-order valence-electron chi connectivity index (χ0n) is 13.4.